The van der Waals surface area contributed by atoms with E-state index in [0.29, 0.717) is 17.7 Å². The Labute approximate surface area is 160 Å². The maximum absolute atomic E-state index is 12.8. The topological polar surface area (TPSA) is 66.8 Å². The molecule has 0 saturated heterocycles. The van der Waals surface area contributed by atoms with Gasteiger partial charge in [0.15, 0.2) is 0 Å². The molecule has 0 aliphatic carbocycles. The summed E-state index contributed by atoms with van der Waals surface area (Å²) in [5, 5.41) is 17.8. The van der Waals surface area contributed by atoms with Gasteiger partial charge in [-0.05, 0) is 48.2 Å². The molecular formula is C21H21F3O4. The average Bonchev–Trinajstić information content (AvgIpc) is 2.66. The van der Waals surface area contributed by atoms with Gasteiger partial charge in [-0.3, -0.25) is 0 Å². The van der Waals surface area contributed by atoms with Crippen LogP contribution in [0.2, 0.25) is 0 Å². The number of hydrogen-bond donors (Lipinski definition) is 2. The van der Waals surface area contributed by atoms with E-state index in [1.165, 1.54) is 11.6 Å². The largest absolute Gasteiger partial charge is 0.508 e. The number of alkyl halides is 3. The summed E-state index contributed by atoms with van der Waals surface area (Å²) in [6.07, 6.45) is -4.54. The number of rotatable bonds is 3. The summed E-state index contributed by atoms with van der Waals surface area (Å²) in [4.78, 5) is 10.9. The Balaban J connectivity index is 0.000000261. The molecule has 0 radical (unpaired) electrons. The summed E-state index contributed by atoms with van der Waals surface area (Å²) in [6.45, 7) is 3.93. The van der Waals surface area contributed by atoms with E-state index in [2.05, 4.69) is 6.92 Å². The smallest absolute Gasteiger partial charge is 0.430 e. The monoisotopic (exact) mass is 394 g/mol. The second-order valence-electron chi connectivity index (χ2n) is 6.19. The fourth-order valence-electron chi connectivity index (χ4n) is 2.65. The number of aliphatic carboxylic acids is 1. The Kier molecular flexibility index (Phi) is 6.72. The van der Waals surface area contributed by atoms with Gasteiger partial charge in [0.1, 0.15) is 11.5 Å². The minimum absolute atomic E-state index is 0.0617. The Morgan fingerprint density at radius 3 is 2.21 bits per heavy atom. The van der Waals surface area contributed by atoms with Gasteiger partial charge in [-0.1, -0.05) is 38.1 Å². The lowest BCUT2D eigenvalue weighted by Crippen LogP contribution is -2.40. The van der Waals surface area contributed by atoms with Crippen molar-refractivity contribution in [2.75, 3.05) is 0 Å². The van der Waals surface area contributed by atoms with Crippen LogP contribution in [0.15, 0.2) is 48.0 Å². The van der Waals surface area contributed by atoms with Gasteiger partial charge in [0.2, 0.25) is 6.10 Å². The average molecular weight is 394 g/mol. The van der Waals surface area contributed by atoms with Crippen LogP contribution < -0.4 is 4.74 Å². The Hall–Kier alpha value is -2.96. The number of phenols is 1. The predicted octanol–water partition coefficient (Wildman–Crippen LogP) is 4.99. The lowest BCUT2D eigenvalue weighted by atomic mass is 9.99. The van der Waals surface area contributed by atoms with Gasteiger partial charge in [0, 0.05) is 5.56 Å². The zero-order valence-electron chi connectivity index (χ0n) is 15.5. The summed E-state index contributed by atoms with van der Waals surface area (Å²) in [5.74, 6) is -1.21. The van der Waals surface area contributed by atoms with Crippen LogP contribution in [0.4, 0.5) is 13.2 Å². The number of hydrogen-bond acceptors (Lipinski definition) is 3. The Morgan fingerprint density at radius 2 is 1.71 bits per heavy atom. The highest BCUT2D eigenvalue weighted by molar-refractivity contribution is 5.95. The van der Waals surface area contributed by atoms with Crippen molar-refractivity contribution in [1.29, 1.82) is 0 Å². The molecule has 0 amide bonds. The number of aryl methyl sites for hydroxylation is 2. The van der Waals surface area contributed by atoms with Crippen LogP contribution in [-0.4, -0.2) is 28.5 Å². The van der Waals surface area contributed by atoms with Gasteiger partial charge in [-0.2, -0.15) is 13.2 Å². The van der Waals surface area contributed by atoms with Gasteiger partial charge >= 0.3 is 12.1 Å². The molecule has 0 fully saturated rings. The molecule has 0 spiro atoms. The van der Waals surface area contributed by atoms with Crippen molar-refractivity contribution in [3.8, 4) is 11.5 Å². The summed E-state index contributed by atoms with van der Waals surface area (Å²) in [6, 6.07) is 12.1. The van der Waals surface area contributed by atoms with Gasteiger partial charge < -0.3 is 14.9 Å². The number of phenolic OH excluding ortho intramolecular Hbond substituents is 1. The SMILES string of the molecule is CCc1ccc2c(c1)OC(C(F)(F)F)C(C(=O)O)=C2.CCc1cccc(O)c1. The standard InChI is InChI=1S/C13H11F3O3.C8H10O/c1-2-7-3-4-8-6-9(12(17)18)11(13(14,15)16)19-10(8)5-7;1-2-7-4-3-5-8(9)6-7/h3-6,11H,2H2,1H3,(H,17,18);3-6,9H,2H2,1H3. The molecule has 1 atom stereocenters. The number of ether oxygens (including phenoxy) is 1. The summed E-state index contributed by atoms with van der Waals surface area (Å²) >= 11 is 0. The van der Waals surface area contributed by atoms with Crippen molar-refractivity contribution in [2.24, 2.45) is 0 Å². The Bertz CT molecular complexity index is 872. The third-order valence-corrected chi connectivity index (χ3v) is 4.19. The molecule has 150 valence electrons. The highest BCUT2D eigenvalue weighted by Crippen LogP contribution is 2.37. The van der Waals surface area contributed by atoms with Gasteiger partial charge in [-0.25, -0.2) is 4.79 Å². The minimum atomic E-state index is -4.76. The minimum Gasteiger partial charge on any atom is -0.508 e. The van der Waals surface area contributed by atoms with E-state index in [-0.39, 0.29) is 5.75 Å². The van der Waals surface area contributed by atoms with Crippen LogP contribution >= 0.6 is 0 Å². The second-order valence-corrected chi connectivity index (χ2v) is 6.19. The molecule has 1 aliphatic rings. The highest BCUT2D eigenvalue weighted by Gasteiger charge is 2.48. The molecule has 3 rings (SSSR count). The first kappa shape index (κ1) is 21.3. The number of fused-ring (bicyclic) bond motifs is 1. The van der Waals surface area contributed by atoms with E-state index < -0.39 is 23.8 Å². The fraction of sp³-hybridized carbons (Fsp3) is 0.286. The third-order valence-electron chi connectivity index (χ3n) is 4.19. The predicted molar refractivity (Wildman–Crippen MR) is 99.4 cm³/mol. The fourth-order valence-corrected chi connectivity index (χ4v) is 2.65. The lowest BCUT2D eigenvalue weighted by Gasteiger charge is -2.27. The first-order valence-electron chi connectivity index (χ1n) is 8.74. The van der Waals surface area contributed by atoms with Crippen LogP contribution in [0.3, 0.4) is 0 Å². The number of carboxylic acid groups (broad SMARTS) is 1. The van der Waals surface area contributed by atoms with E-state index in [4.69, 9.17) is 14.9 Å². The number of aromatic hydroxyl groups is 1. The molecular weight excluding hydrogens is 373 g/mol. The molecule has 0 aromatic heterocycles. The third kappa shape index (κ3) is 5.28. The molecule has 1 heterocycles. The molecule has 28 heavy (non-hydrogen) atoms. The quantitative estimate of drug-likeness (QED) is 0.769. The van der Waals surface area contributed by atoms with Crippen molar-refractivity contribution in [2.45, 2.75) is 39.0 Å². The molecule has 2 aromatic rings. The van der Waals surface area contributed by atoms with Crippen LogP contribution in [0, 0.1) is 0 Å². The molecule has 1 unspecified atom stereocenters. The number of carbonyl (C=O) groups is 1. The maximum atomic E-state index is 12.8. The second kappa shape index (κ2) is 8.82. The van der Waals surface area contributed by atoms with Crippen molar-refractivity contribution >= 4 is 12.0 Å². The molecule has 7 heteroatoms. The van der Waals surface area contributed by atoms with Crippen LogP contribution in [0.1, 0.15) is 30.5 Å². The molecule has 0 bridgehead atoms. The lowest BCUT2D eigenvalue weighted by molar-refractivity contribution is -0.187. The number of benzene rings is 2. The molecule has 0 saturated carbocycles. The van der Waals surface area contributed by atoms with Crippen LogP contribution in [0.25, 0.3) is 6.08 Å². The van der Waals surface area contributed by atoms with Gasteiger partial charge in [-0.15, -0.1) is 0 Å². The van der Waals surface area contributed by atoms with E-state index >= 15 is 0 Å². The number of halogens is 3. The van der Waals surface area contributed by atoms with Crippen LogP contribution in [0.5, 0.6) is 11.5 Å². The van der Waals surface area contributed by atoms with Crippen molar-refractivity contribution in [3.63, 3.8) is 0 Å². The first-order valence-corrected chi connectivity index (χ1v) is 8.74. The van der Waals surface area contributed by atoms with E-state index in [9.17, 15) is 18.0 Å². The van der Waals surface area contributed by atoms with E-state index in [1.807, 2.05) is 19.1 Å². The summed E-state index contributed by atoms with van der Waals surface area (Å²) < 4.78 is 43.2. The van der Waals surface area contributed by atoms with Crippen molar-refractivity contribution < 1.29 is 32.9 Å². The molecule has 4 nitrogen and oxygen atoms in total. The highest BCUT2D eigenvalue weighted by atomic mass is 19.4. The first-order chi connectivity index (χ1) is 13.2. The Morgan fingerprint density at radius 1 is 1.07 bits per heavy atom. The zero-order valence-corrected chi connectivity index (χ0v) is 15.5. The molecule has 2 aromatic carbocycles. The van der Waals surface area contributed by atoms with E-state index in [0.717, 1.165) is 18.1 Å². The summed E-state index contributed by atoms with van der Waals surface area (Å²) in [7, 11) is 0. The van der Waals surface area contributed by atoms with Crippen molar-refractivity contribution in [3.05, 3.63) is 64.7 Å². The number of carboxylic acids is 1. The maximum Gasteiger partial charge on any atom is 0.430 e. The normalized spacial score (nSPS) is 15.5. The van der Waals surface area contributed by atoms with Crippen molar-refractivity contribution in [1.82, 2.24) is 0 Å². The zero-order chi connectivity index (χ0) is 20.9. The molecule has 1 aliphatic heterocycles. The van der Waals surface area contributed by atoms with Gasteiger partial charge in [0.25, 0.3) is 0 Å². The van der Waals surface area contributed by atoms with Gasteiger partial charge in [0.05, 0.1) is 5.57 Å². The van der Waals surface area contributed by atoms with Crippen LogP contribution in [-0.2, 0) is 17.6 Å². The molecule has 2 N–H and O–H groups in total. The summed E-state index contributed by atoms with van der Waals surface area (Å²) in [5.41, 5.74) is 1.54. The van der Waals surface area contributed by atoms with E-state index in [1.54, 1.807) is 24.3 Å².